The van der Waals surface area contributed by atoms with Crippen molar-refractivity contribution in [3.05, 3.63) is 66.1 Å². The summed E-state index contributed by atoms with van der Waals surface area (Å²) in [7, 11) is 0. The lowest BCUT2D eigenvalue weighted by Crippen LogP contribution is -2.37. The van der Waals surface area contributed by atoms with Crippen molar-refractivity contribution >= 4 is 16.8 Å². The molecule has 1 amide bonds. The predicted molar refractivity (Wildman–Crippen MR) is 99.9 cm³/mol. The van der Waals surface area contributed by atoms with E-state index in [1.54, 1.807) is 12.4 Å². The first-order valence-electron chi connectivity index (χ1n) is 9.09. The Balaban J connectivity index is 1.57. The van der Waals surface area contributed by atoms with E-state index in [4.69, 9.17) is 0 Å². The largest absolute Gasteiger partial charge is 0.351 e. The predicted octanol–water partition coefficient (Wildman–Crippen LogP) is 4.10. The van der Waals surface area contributed by atoms with Crippen LogP contribution in [0, 0.1) is 0 Å². The molecule has 5 heteroatoms. The summed E-state index contributed by atoms with van der Waals surface area (Å²) < 4.78 is 16.1. The maximum atomic E-state index is 14.1. The van der Waals surface area contributed by atoms with Crippen molar-refractivity contribution in [2.45, 2.75) is 37.9 Å². The molecule has 1 N–H and O–H groups in total. The van der Waals surface area contributed by atoms with Crippen molar-refractivity contribution in [3.8, 4) is 0 Å². The van der Waals surface area contributed by atoms with Gasteiger partial charge in [-0.3, -0.25) is 9.78 Å². The zero-order valence-corrected chi connectivity index (χ0v) is 14.6. The molecule has 26 heavy (non-hydrogen) atoms. The molecule has 2 heterocycles. The van der Waals surface area contributed by atoms with E-state index in [9.17, 15) is 9.18 Å². The fourth-order valence-corrected chi connectivity index (χ4v) is 3.54. The van der Waals surface area contributed by atoms with Crippen LogP contribution in [0.2, 0.25) is 0 Å². The smallest absolute Gasteiger partial charge is 0.267 e. The summed E-state index contributed by atoms with van der Waals surface area (Å²) in [6, 6.07) is 13.7. The summed E-state index contributed by atoms with van der Waals surface area (Å²) in [6.07, 6.45) is 6.07. The van der Waals surface area contributed by atoms with Crippen molar-refractivity contribution in [3.63, 3.8) is 0 Å². The molecule has 4 rings (SSSR count). The van der Waals surface area contributed by atoms with Crippen molar-refractivity contribution in [2.24, 2.45) is 0 Å². The highest BCUT2D eigenvalue weighted by Gasteiger charge is 2.36. The van der Waals surface area contributed by atoms with Crippen molar-refractivity contribution in [1.82, 2.24) is 14.9 Å². The highest BCUT2D eigenvalue weighted by molar-refractivity contribution is 5.98. The molecule has 3 aromatic rings. The standard InChI is InChI=1S/C21H22FN3O/c22-21(8-3-9-21)10-13-24-20(26)19-14-17-4-1-2-5-18(17)25(19)15-16-6-11-23-12-7-16/h1-2,4-7,11-12,14H,3,8-10,13,15H2,(H,24,26). The van der Waals surface area contributed by atoms with E-state index in [-0.39, 0.29) is 5.91 Å². The molecule has 0 atom stereocenters. The van der Waals surface area contributed by atoms with Gasteiger partial charge in [-0.1, -0.05) is 18.2 Å². The molecule has 1 fully saturated rings. The fraction of sp³-hybridized carbons (Fsp3) is 0.333. The molecule has 1 aliphatic rings. The number of fused-ring (bicyclic) bond motifs is 1. The molecule has 0 unspecified atom stereocenters. The Morgan fingerprint density at radius 1 is 1.19 bits per heavy atom. The number of rotatable bonds is 6. The van der Waals surface area contributed by atoms with Gasteiger partial charge in [-0.05, 0) is 55.5 Å². The lowest BCUT2D eigenvalue weighted by Gasteiger charge is -2.33. The van der Waals surface area contributed by atoms with E-state index >= 15 is 0 Å². The molecular formula is C21H22FN3O. The Morgan fingerprint density at radius 3 is 2.69 bits per heavy atom. The number of hydrogen-bond donors (Lipinski definition) is 1. The minimum absolute atomic E-state index is 0.154. The van der Waals surface area contributed by atoms with Gasteiger partial charge in [-0.2, -0.15) is 0 Å². The fourth-order valence-electron chi connectivity index (χ4n) is 3.54. The highest BCUT2D eigenvalue weighted by Crippen LogP contribution is 2.38. The Hall–Kier alpha value is -2.69. The van der Waals surface area contributed by atoms with Crippen LogP contribution in [0.15, 0.2) is 54.9 Å². The number of halogens is 1. The van der Waals surface area contributed by atoms with E-state index in [0.29, 0.717) is 38.0 Å². The molecule has 1 saturated carbocycles. The Kier molecular flexibility index (Phi) is 4.45. The monoisotopic (exact) mass is 351 g/mol. The molecular weight excluding hydrogens is 329 g/mol. The van der Waals surface area contributed by atoms with Gasteiger partial charge in [0.2, 0.25) is 0 Å². The Morgan fingerprint density at radius 2 is 1.96 bits per heavy atom. The normalized spacial score (nSPS) is 15.6. The van der Waals surface area contributed by atoms with Gasteiger partial charge in [0, 0.05) is 36.4 Å². The van der Waals surface area contributed by atoms with Crippen LogP contribution < -0.4 is 5.32 Å². The summed E-state index contributed by atoms with van der Waals surface area (Å²) in [6.45, 7) is 0.956. The van der Waals surface area contributed by atoms with E-state index in [1.165, 1.54) is 0 Å². The number of para-hydroxylation sites is 1. The van der Waals surface area contributed by atoms with Gasteiger partial charge in [0.05, 0.1) is 0 Å². The molecule has 0 spiro atoms. The number of benzene rings is 1. The summed E-state index contributed by atoms with van der Waals surface area (Å²) in [4.78, 5) is 16.8. The second-order valence-electron chi connectivity index (χ2n) is 7.04. The number of pyridine rings is 1. The maximum Gasteiger partial charge on any atom is 0.267 e. The first-order chi connectivity index (χ1) is 12.6. The topological polar surface area (TPSA) is 46.9 Å². The van der Waals surface area contributed by atoms with Gasteiger partial charge >= 0.3 is 0 Å². The zero-order valence-electron chi connectivity index (χ0n) is 14.6. The first kappa shape index (κ1) is 16.8. The SMILES string of the molecule is O=C(NCCC1(F)CCC1)c1cc2ccccc2n1Cc1ccncc1. The minimum atomic E-state index is -1.07. The molecule has 0 radical (unpaired) electrons. The third-order valence-corrected chi connectivity index (χ3v) is 5.24. The van der Waals surface area contributed by atoms with Crippen LogP contribution >= 0.6 is 0 Å². The number of carbonyl (C=O) groups is 1. The Labute approximate surface area is 152 Å². The second kappa shape index (κ2) is 6.90. The van der Waals surface area contributed by atoms with Crippen LogP contribution in [-0.4, -0.2) is 27.7 Å². The number of alkyl halides is 1. The van der Waals surface area contributed by atoms with E-state index in [1.807, 2.05) is 47.0 Å². The second-order valence-corrected chi connectivity index (χ2v) is 7.04. The van der Waals surface area contributed by atoms with Gasteiger partial charge in [0.15, 0.2) is 0 Å². The van der Waals surface area contributed by atoms with Crippen molar-refractivity contribution in [2.75, 3.05) is 6.54 Å². The van der Waals surface area contributed by atoms with Crippen LogP contribution in [0.3, 0.4) is 0 Å². The number of carbonyl (C=O) groups excluding carboxylic acids is 1. The first-order valence-corrected chi connectivity index (χ1v) is 9.09. The molecule has 0 aliphatic heterocycles. The lowest BCUT2D eigenvalue weighted by atomic mass is 9.80. The van der Waals surface area contributed by atoms with Gasteiger partial charge in [0.1, 0.15) is 11.4 Å². The third-order valence-electron chi connectivity index (χ3n) is 5.24. The van der Waals surface area contributed by atoms with Crippen LogP contribution in [-0.2, 0) is 6.54 Å². The molecule has 0 saturated heterocycles. The average Bonchev–Trinajstić information content (AvgIpc) is 3.00. The van der Waals surface area contributed by atoms with Crippen LogP contribution in [0.5, 0.6) is 0 Å². The van der Waals surface area contributed by atoms with E-state index < -0.39 is 5.67 Å². The van der Waals surface area contributed by atoms with E-state index in [0.717, 1.165) is 22.9 Å². The lowest BCUT2D eigenvalue weighted by molar-refractivity contribution is 0.0533. The van der Waals surface area contributed by atoms with Gasteiger partial charge < -0.3 is 9.88 Å². The number of hydrogen-bond acceptors (Lipinski definition) is 2. The summed E-state index contributed by atoms with van der Waals surface area (Å²) in [5.41, 5.74) is 1.62. The summed E-state index contributed by atoms with van der Waals surface area (Å²) in [5, 5.41) is 3.92. The highest BCUT2D eigenvalue weighted by atomic mass is 19.1. The van der Waals surface area contributed by atoms with Crippen molar-refractivity contribution < 1.29 is 9.18 Å². The molecule has 134 valence electrons. The van der Waals surface area contributed by atoms with Crippen LogP contribution in [0.4, 0.5) is 4.39 Å². The average molecular weight is 351 g/mol. The summed E-state index contributed by atoms with van der Waals surface area (Å²) >= 11 is 0. The van der Waals surface area contributed by atoms with Crippen LogP contribution in [0.25, 0.3) is 10.9 Å². The zero-order chi connectivity index (χ0) is 18.0. The number of aromatic nitrogens is 2. The van der Waals surface area contributed by atoms with E-state index in [2.05, 4.69) is 10.3 Å². The Bertz CT molecular complexity index is 915. The van der Waals surface area contributed by atoms with Crippen molar-refractivity contribution in [1.29, 1.82) is 0 Å². The number of amides is 1. The quantitative estimate of drug-likeness (QED) is 0.727. The van der Waals surface area contributed by atoms with Gasteiger partial charge in [-0.25, -0.2) is 4.39 Å². The molecule has 4 nitrogen and oxygen atoms in total. The minimum Gasteiger partial charge on any atom is -0.351 e. The van der Waals surface area contributed by atoms with Crippen LogP contribution in [0.1, 0.15) is 41.7 Å². The number of nitrogens with zero attached hydrogens (tertiary/aromatic N) is 2. The number of nitrogens with one attached hydrogen (secondary N) is 1. The van der Waals surface area contributed by atoms with Gasteiger partial charge in [0.25, 0.3) is 5.91 Å². The molecule has 0 bridgehead atoms. The maximum absolute atomic E-state index is 14.1. The third kappa shape index (κ3) is 3.34. The molecule has 1 aromatic carbocycles. The molecule has 1 aliphatic carbocycles. The van der Waals surface area contributed by atoms with Gasteiger partial charge in [-0.15, -0.1) is 0 Å². The molecule has 2 aromatic heterocycles. The summed E-state index contributed by atoms with van der Waals surface area (Å²) in [5.74, 6) is -0.154.